The zero-order chi connectivity index (χ0) is 19.9. The number of aromatic hydroxyl groups is 1. The fraction of sp³-hybridized carbons (Fsp3) is 0.211. The zero-order valence-electron chi connectivity index (χ0n) is 15.1. The van der Waals surface area contributed by atoms with E-state index in [0.29, 0.717) is 23.0 Å². The van der Waals surface area contributed by atoms with Crippen molar-refractivity contribution in [3.8, 4) is 11.8 Å². The number of nitrogens with zero attached hydrogens (tertiary/aromatic N) is 2. The predicted octanol–water partition coefficient (Wildman–Crippen LogP) is 3.41. The van der Waals surface area contributed by atoms with Crippen molar-refractivity contribution in [2.24, 2.45) is 0 Å². The van der Waals surface area contributed by atoms with Crippen LogP contribution in [0.3, 0.4) is 0 Å². The standard InChI is InChI=1S/C19H19ClN4O4/c1-27-16-8-2-12(3-9-16)10-15(11-17-23-19(26)28-24-17)22-18(25)21-14-6-4-13(20)5-7-14/h2-9,15H,10-11H2,1H3,(H2,21,22,25)(H,23,24,26). The summed E-state index contributed by atoms with van der Waals surface area (Å²) in [6.07, 6.45) is 0.293. The molecule has 3 aromatic rings. The second kappa shape index (κ2) is 9.09. The number of methoxy groups -OCH3 is 1. The molecule has 146 valence electrons. The van der Waals surface area contributed by atoms with Crippen molar-refractivity contribution in [2.75, 3.05) is 12.4 Å². The van der Waals surface area contributed by atoms with E-state index in [1.54, 1.807) is 31.4 Å². The van der Waals surface area contributed by atoms with E-state index in [-0.39, 0.29) is 18.5 Å². The van der Waals surface area contributed by atoms with E-state index >= 15 is 0 Å². The van der Waals surface area contributed by atoms with Crippen LogP contribution in [-0.2, 0) is 12.8 Å². The summed E-state index contributed by atoms with van der Waals surface area (Å²) in [5.41, 5.74) is 1.60. The van der Waals surface area contributed by atoms with E-state index in [9.17, 15) is 9.90 Å². The second-order valence-corrected chi connectivity index (χ2v) is 6.49. The minimum absolute atomic E-state index is 0.282. The molecule has 0 radical (unpaired) electrons. The summed E-state index contributed by atoms with van der Waals surface area (Å²) >= 11 is 5.86. The Hall–Kier alpha value is -3.26. The Bertz CT molecular complexity index is 912. The minimum atomic E-state index is -0.510. The fourth-order valence-corrected chi connectivity index (χ4v) is 2.78. The summed E-state index contributed by atoms with van der Waals surface area (Å²) in [6.45, 7) is 0. The lowest BCUT2D eigenvalue weighted by Gasteiger charge is -2.18. The van der Waals surface area contributed by atoms with Gasteiger partial charge in [-0.1, -0.05) is 28.9 Å². The fourth-order valence-electron chi connectivity index (χ4n) is 2.65. The molecule has 0 aliphatic heterocycles. The lowest BCUT2D eigenvalue weighted by atomic mass is 10.0. The number of benzene rings is 2. The van der Waals surface area contributed by atoms with E-state index in [4.69, 9.17) is 16.3 Å². The molecule has 2 amide bonds. The number of ether oxygens (including phenoxy) is 1. The molecule has 0 spiro atoms. The van der Waals surface area contributed by atoms with Gasteiger partial charge in [-0.25, -0.2) is 4.79 Å². The second-order valence-electron chi connectivity index (χ2n) is 6.05. The topological polar surface area (TPSA) is 110 Å². The summed E-state index contributed by atoms with van der Waals surface area (Å²) in [5, 5.41) is 19.2. The Balaban J connectivity index is 1.68. The highest BCUT2D eigenvalue weighted by atomic mass is 35.5. The average molecular weight is 403 g/mol. The van der Waals surface area contributed by atoms with Crippen LogP contribution in [-0.4, -0.2) is 34.4 Å². The van der Waals surface area contributed by atoms with Crippen LogP contribution in [0.4, 0.5) is 10.5 Å². The van der Waals surface area contributed by atoms with Gasteiger partial charge in [0.25, 0.3) is 0 Å². The monoisotopic (exact) mass is 402 g/mol. The Kier molecular flexibility index (Phi) is 6.33. The van der Waals surface area contributed by atoms with E-state index in [0.717, 1.165) is 11.3 Å². The normalized spacial score (nSPS) is 11.6. The molecule has 0 fully saturated rings. The molecule has 1 atom stereocenters. The van der Waals surface area contributed by atoms with Gasteiger partial charge < -0.3 is 20.5 Å². The van der Waals surface area contributed by atoms with Crippen LogP contribution in [0.5, 0.6) is 11.8 Å². The van der Waals surface area contributed by atoms with Crippen LogP contribution in [0.1, 0.15) is 11.4 Å². The Morgan fingerprint density at radius 3 is 2.50 bits per heavy atom. The summed E-state index contributed by atoms with van der Waals surface area (Å²) in [7, 11) is 1.60. The molecule has 28 heavy (non-hydrogen) atoms. The summed E-state index contributed by atoms with van der Waals surface area (Å²) in [5.74, 6) is 1.04. The van der Waals surface area contributed by atoms with Gasteiger partial charge in [-0.3, -0.25) is 4.52 Å². The van der Waals surface area contributed by atoms with Crippen molar-refractivity contribution in [3.63, 3.8) is 0 Å². The number of aromatic nitrogens is 2. The lowest BCUT2D eigenvalue weighted by Crippen LogP contribution is -2.40. The van der Waals surface area contributed by atoms with Crippen molar-refractivity contribution < 1.29 is 19.2 Å². The molecule has 9 heteroatoms. The quantitative estimate of drug-likeness (QED) is 0.558. The number of urea groups is 1. The van der Waals surface area contributed by atoms with Crippen LogP contribution in [0.15, 0.2) is 53.1 Å². The van der Waals surface area contributed by atoms with Gasteiger partial charge in [-0.2, -0.15) is 4.98 Å². The lowest BCUT2D eigenvalue weighted by molar-refractivity contribution is 0.247. The molecular formula is C19H19ClN4O4. The molecule has 0 aliphatic carbocycles. The van der Waals surface area contributed by atoms with Crippen LogP contribution in [0.2, 0.25) is 5.02 Å². The van der Waals surface area contributed by atoms with Gasteiger partial charge in [0.2, 0.25) is 0 Å². The minimum Gasteiger partial charge on any atom is -0.497 e. The number of carbonyl (C=O) groups excluding carboxylic acids is 1. The largest absolute Gasteiger partial charge is 0.497 e. The first-order valence-electron chi connectivity index (χ1n) is 8.49. The molecule has 1 unspecified atom stereocenters. The SMILES string of the molecule is COc1ccc(CC(Cc2noc(O)n2)NC(=O)Nc2ccc(Cl)cc2)cc1. The van der Waals surface area contributed by atoms with Crippen molar-refractivity contribution in [3.05, 3.63) is 64.9 Å². The first-order chi connectivity index (χ1) is 13.5. The van der Waals surface area contributed by atoms with Crippen molar-refractivity contribution in [1.29, 1.82) is 0 Å². The molecule has 3 N–H and O–H groups in total. The molecule has 1 aromatic heterocycles. The maximum Gasteiger partial charge on any atom is 0.414 e. The highest BCUT2D eigenvalue weighted by molar-refractivity contribution is 6.30. The molecule has 0 saturated carbocycles. The molecule has 2 aromatic carbocycles. The predicted molar refractivity (Wildman–Crippen MR) is 104 cm³/mol. The van der Waals surface area contributed by atoms with Crippen molar-refractivity contribution in [1.82, 2.24) is 15.5 Å². The van der Waals surface area contributed by atoms with Crippen molar-refractivity contribution >= 4 is 23.3 Å². The van der Waals surface area contributed by atoms with E-state index in [2.05, 4.69) is 25.3 Å². The number of nitrogens with one attached hydrogen (secondary N) is 2. The number of carbonyl (C=O) groups is 1. The highest BCUT2D eigenvalue weighted by Gasteiger charge is 2.18. The molecule has 0 aliphatic rings. The number of rotatable bonds is 7. The summed E-state index contributed by atoms with van der Waals surface area (Å²) < 4.78 is 9.76. The summed E-state index contributed by atoms with van der Waals surface area (Å²) in [4.78, 5) is 16.2. The van der Waals surface area contributed by atoms with Crippen LogP contribution < -0.4 is 15.4 Å². The molecule has 3 rings (SSSR count). The maximum absolute atomic E-state index is 12.4. The Labute approximate surface area is 166 Å². The zero-order valence-corrected chi connectivity index (χ0v) is 15.8. The third kappa shape index (κ3) is 5.62. The molecule has 0 saturated heterocycles. The Morgan fingerprint density at radius 2 is 1.89 bits per heavy atom. The van der Waals surface area contributed by atoms with Gasteiger partial charge in [0.15, 0.2) is 5.82 Å². The number of hydrogen-bond donors (Lipinski definition) is 3. The summed E-state index contributed by atoms with van der Waals surface area (Å²) in [6, 6.07) is 13.6. The average Bonchev–Trinajstić information content (AvgIpc) is 3.09. The van der Waals surface area contributed by atoms with E-state index in [1.165, 1.54) is 0 Å². The van der Waals surface area contributed by atoms with Crippen LogP contribution in [0, 0.1) is 0 Å². The first-order valence-corrected chi connectivity index (χ1v) is 8.87. The number of amides is 2. The smallest absolute Gasteiger partial charge is 0.414 e. The van der Waals surface area contributed by atoms with Gasteiger partial charge in [0.1, 0.15) is 5.75 Å². The molecular weight excluding hydrogens is 384 g/mol. The molecule has 8 nitrogen and oxygen atoms in total. The van der Waals surface area contributed by atoms with E-state index in [1.807, 2.05) is 24.3 Å². The highest BCUT2D eigenvalue weighted by Crippen LogP contribution is 2.16. The van der Waals surface area contributed by atoms with Gasteiger partial charge >= 0.3 is 12.1 Å². The molecule has 1 heterocycles. The number of halogens is 1. The third-order valence-electron chi connectivity index (χ3n) is 3.96. The van der Waals surface area contributed by atoms with Gasteiger partial charge in [-0.15, -0.1) is 0 Å². The van der Waals surface area contributed by atoms with Gasteiger partial charge in [-0.05, 0) is 48.4 Å². The van der Waals surface area contributed by atoms with Gasteiger partial charge in [0.05, 0.1) is 7.11 Å². The number of anilines is 1. The number of hydrogen-bond acceptors (Lipinski definition) is 6. The van der Waals surface area contributed by atoms with Crippen molar-refractivity contribution in [2.45, 2.75) is 18.9 Å². The maximum atomic E-state index is 12.4. The van der Waals surface area contributed by atoms with Gasteiger partial charge in [0, 0.05) is 23.2 Å². The first kappa shape index (κ1) is 19.5. The van der Waals surface area contributed by atoms with Crippen LogP contribution >= 0.6 is 11.6 Å². The Morgan fingerprint density at radius 1 is 1.18 bits per heavy atom. The van der Waals surface area contributed by atoms with Crippen LogP contribution in [0.25, 0.3) is 0 Å². The van der Waals surface area contributed by atoms with E-state index < -0.39 is 6.08 Å². The third-order valence-corrected chi connectivity index (χ3v) is 4.22. The molecule has 0 bridgehead atoms.